The Morgan fingerprint density at radius 3 is 2.86 bits per heavy atom. The normalized spacial score (nSPS) is 12.6. The van der Waals surface area contributed by atoms with Crippen LogP contribution < -0.4 is 10.5 Å². The molecule has 1 unspecified atom stereocenters. The van der Waals surface area contributed by atoms with Crippen molar-refractivity contribution >= 4 is 5.69 Å². The van der Waals surface area contributed by atoms with Gasteiger partial charge in [-0.25, -0.2) is 0 Å². The molecule has 6 nitrogen and oxygen atoms in total. The number of nitrogens with two attached hydrogens (primary N) is 1. The summed E-state index contributed by atoms with van der Waals surface area (Å²) in [5, 5.41) is 14.2. The molecule has 21 heavy (non-hydrogen) atoms. The summed E-state index contributed by atoms with van der Waals surface area (Å²) in [5.74, 6) is 0.603. The van der Waals surface area contributed by atoms with E-state index in [2.05, 4.69) is 5.10 Å². The highest BCUT2D eigenvalue weighted by Crippen LogP contribution is 2.19. The van der Waals surface area contributed by atoms with Gasteiger partial charge >= 0.3 is 0 Å². The highest BCUT2D eigenvalue weighted by atomic mass is 16.5. The van der Waals surface area contributed by atoms with E-state index >= 15 is 0 Å². The third-order valence-corrected chi connectivity index (χ3v) is 3.08. The molecule has 0 spiro atoms. The first-order valence-electron chi connectivity index (χ1n) is 6.86. The standard InChI is InChI=1S/C15H22N4O2/c1-18(8-12-7-17-19(2)9-12)10-13(20)11-21-15-6-4-3-5-14(15)16/h3-7,9,13,20H,8,10-11,16H2,1-2H3. The third-order valence-electron chi connectivity index (χ3n) is 3.08. The molecule has 0 saturated carbocycles. The summed E-state index contributed by atoms with van der Waals surface area (Å²) >= 11 is 0. The Morgan fingerprint density at radius 2 is 2.19 bits per heavy atom. The van der Waals surface area contributed by atoms with Gasteiger partial charge in [0.05, 0.1) is 11.9 Å². The second-order valence-corrected chi connectivity index (χ2v) is 5.22. The van der Waals surface area contributed by atoms with Crippen LogP contribution in [0.3, 0.4) is 0 Å². The van der Waals surface area contributed by atoms with Gasteiger partial charge in [0.1, 0.15) is 18.5 Å². The van der Waals surface area contributed by atoms with Crippen molar-refractivity contribution in [3.8, 4) is 5.75 Å². The van der Waals surface area contributed by atoms with Crippen molar-refractivity contribution in [1.82, 2.24) is 14.7 Å². The predicted molar refractivity (Wildman–Crippen MR) is 81.9 cm³/mol. The SMILES string of the molecule is CN(Cc1cnn(C)c1)CC(O)COc1ccccc1N. The summed E-state index contributed by atoms with van der Waals surface area (Å²) in [6.45, 7) is 1.46. The second-order valence-electron chi connectivity index (χ2n) is 5.22. The van der Waals surface area contributed by atoms with Crippen molar-refractivity contribution in [1.29, 1.82) is 0 Å². The van der Waals surface area contributed by atoms with Crippen LogP contribution in [0, 0.1) is 0 Å². The molecule has 0 bridgehead atoms. The number of aliphatic hydroxyl groups excluding tert-OH is 1. The van der Waals surface area contributed by atoms with Crippen LogP contribution >= 0.6 is 0 Å². The Labute approximate surface area is 124 Å². The van der Waals surface area contributed by atoms with E-state index in [9.17, 15) is 5.11 Å². The fourth-order valence-corrected chi connectivity index (χ4v) is 2.14. The van der Waals surface area contributed by atoms with E-state index in [1.165, 1.54) is 0 Å². The lowest BCUT2D eigenvalue weighted by atomic mass is 10.3. The molecule has 0 fully saturated rings. The van der Waals surface area contributed by atoms with Gasteiger partial charge in [0.2, 0.25) is 0 Å². The molecule has 114 valence electrons. The zero-order valence-corrected chi connectivity index (χ0v) is 12.4. The van der Waals surface area contributed by atoms with E-state index in [4.69, 9.17) is 10.5 Å². The lowest BCUT2D eigenvalue weighted by molar-refractivity contribution is 0.0747. The number of para-hydroxylation sites is 2. The second kappa shape index (κ2) is 7.10. The van der Waals surface area contributed by atoms with Crippen LogP contribution in [0.4, 0.5) is 5.69 Å². The average Bonchev–Trinajstić information content (AvgIpc) is 2.83. The summed E-state index contributed by atoms with van der Waals surface area (Å²) in [6, 6.07) is 7.27. The number of nitrogens with zero attached hydrogens (tertiary/aromatic N) is 3. The Hall–Kier alpha value is -2.05. The van der Waals surface area contributed by atoms with Gasteiger partial charge in [-0.15, -0.1) is 0 Å². The molecule has 0 aliphatic rings. The number of hydrogen-bond donors (Lipinski definition) is 2. The smallest absolute Gasteiger partial charge is 0.142 e. The van der Waals surface area contributed by atoms with Crippen LogP contribution in [-0.4, -0.2) is 46.1 Å². The number of aliphatic hydroxyl groups is 1. The molecule has 1 aromatic carbocycles. The fraction of sp³-hybridized carbons (Fsp3) is 0.400. The van der Waals surface area contributed by atoms with Gasteiger partial charge in [-0.1, -0.05) is 12.1 Å². The van der Waals surface area contributed by atoms with Gasteiger partial charge in [0.15, 0.2) is 0 Å². The Kier molecular flexibility index (Phi) is 5.19. The number of nitrogen functional groups attached to an aromatic ring is 1. The maximum absolute atomic E-state index is 10.0. The molecule has 6 heteroatoms. The number of aryl methyl sites for hydroxylation is 1. The number of anilines is 1. The lowest BCUT2D eigenvalue weighted by Crippen LogP contribution is -2.32. The molecule has 3 N–H and O–H groups in total. The first-order valence-corrected chi connectivity index (χ1v) is 6.86. The highest BCUT2D eigenvalue weighted by molar-refractivity contribution is 5.51. The Bertz CT molecular complexity index is 570. The number of aromatic nitrogens is 2. The molecule has 0 amide bonds. The van der Waals surface area contributed by atoms with Crippen LogP contribution in [0.5, 0.6) is 5.75 Å². The lowest BCUT2D eigenvalue weighted by Gasteiger charge is -2.20. The molecule has 1 aromatic heterocycles. The fourth-order valence-electron chi connectivity index (χ4n) is 2.14. The van der Waals surface area contributed by atoms with Crippen molar-refractivity contribution in [2.75, 3.05) is 25.9 Å². The van der Waals surface area contributed by atoms with Gasteiger partial charge < -0.3 is 15.6 Å². The summed E-state index contributed by atoms with van der Waals surface area (Å²) in [6.07, 6.45) is 3.21. The molecule has 0 aliphatic carbocycles. The van der Waals surface area contributed by atoms with Crippen molar-refractivity contribution in [2.45, 2.75) is 12.6 Å². The highest BCUT2D eigenvalue weighted by Gasteiger charge is 2.11. The number of rotatable bonds is 7. The van der Waals surface area contributed by atoms with Crippen LogP contribution in [0.25, 0.3) is 0 Å². The van der Waals surface area contributed by atoms with Crippen molar-refractivity contribution in [3.63, 3.8) is 0 Å². The zero-order valence-electron chi connectivity index (χ0n) is 12.4. The minimum atomic E-state index is -0.578. The van der Waals surface area contributed by atoms with Gasteiger partial charge in [-0.05, 0) is 19.2 Å². The molecular weight excluding hydrogens is 268 g/mol. The van der Waals surface area contributed by atoms with Crippen LogP contribution in [0.2, 0.25) is 0 Å². The molecule has 2 rings (SSSR count). The maximum atomic E-state index is 10.0. The van der Waals surface area contributed by atoms with Gasteiger partial charge in [-0.2, -0.15) is 5.10 Å². The quantitative estimate of drug-likeness (QED) is 0.740. The number of hydrogen-bond acceptors (Lipinski definition) is 5. The third kappa shape index (κ3) is 4.77. The van der Waals surface area contributed by atoms with Gasteiger partial charge in [0.25, 0.3) is 0 Å². The molecule has 2 aromatic rings. The Morgan fingerprint density at radius 1 is 1.43 bits per heavy atom. The van der Waals surface area contributed by atoms with E-state index in [0.29, 0.717) is 18.0 Å². The van der Waals surface area contributed by atoms with E-state index in [1.54, 1.807) is 16.8 Å². The largest absolute Gasteiger partial charge is 0.489 e. The van der Waals surface area contributed by atoms with E-state index in [0.717, 1.165) is 12.1 Å². The van der Waals surface area contributed by atoms with Crippen molar-refractivity contribution < 1.29 is 9.84 Å². The minimum Gasteiger partial charge on any atom is -0.489 e. The summed E-state index contributed by atoms with van der Waals surface area (Å²) in [5.41, 5.74) is 7.47. The monoisotopic (exact) mass is 290 g/mol. The van der Waals surface area contributed by atoms with E-state index < -0.39 is 6.10 Å². The molecule has 0 saturated heterocycles. The topological polar surface area (TPSA) is 76.5 Å². The zero-order chi connectivity index (χ0) is 15.2. The van der Waals surface area contributed by atoms with Crippen LogP contribution in [0.1, 0.15) is 5.56 Å². The minimum absolute atomic E-state index is 0.214. The molecule has 0 aliphatic heterocycles. The maximum Gasteiger partial charge on any atom is 0.142 e. The van der Waals surface area contributed by atoms with Gasteiger partial charge in [-0.3, -0.25) is 9.58 Å². The van der Waals surface area contributed by atoms with Crippen molar-refractivity contribution in [3.05, 3.63) is 42.2 Å². The van der Waals surface area contributed by atoms with E-state index in [1.807, 2.05) is 43.5 Å². The molecule has 0 radical (unpaired) electrons. The Balaban J connectivity index is 1.76. The van der Waals surface area contributed by atoms with Gasteiger partial charge in [0, 0.05) is 31.9 Å². The molecule has 1 atom stereocenters. The molecule has 1 heterocycles. The summed E-state index contributed by atoms with van der Waals surface area (Å²) in [7, 11) is 3.84. The van der Waals surface area contributed by atoms with E-state index in [-0.39, 0.29) is 6.61 Å². The number of likely N-dealkylation sites (N-methyl/N-ethyl adjacent to an activating group) is 1. The summed E-state index contributed by atoms with van der Waals surface area (Å²) < 4.78 is 7.30. The number of benzene rings is 1. The first kappa shape index (κ1) is 15.3. The molecular formula is C15H22N4O2. The predicted octanol–water partition coefficient (Wildman–Crippen LogP) is 0.874. The average molecular weight is 290 g/mol. The summed E-state index contributed by atoms with van der Waals surface area (Å²) in [4.78, 5) is 2.03. The van der Waals surface area contributed by atoms with Crippen LogP contribution in [0.15, 0.2) is 36.7 Å². The van der Waals surface area contributed by atoms with Crippen molar-refractivity contribution in [2.24, 2.45) is 7.05 Å². The first-order chi connectivity index (χ1) is 10.0. The number of ether oxygens (including phenoxy) is 1. The van der Waals surface area contributed by atoms with Crippen LogP contribution in [-0.2, 0) is 13.6 Å².